The highest BCUT2D eigenvalue weighted by Gasteiger charge is 2.17. The number of methoxy groups -OCH3 is 2. The maximum absolute atomic E-state index is 13.8. The number of amides is 2. The molecule has 2 amide bonds. The Morgan fingerprint density at radius 2 is 2.00 bits per heavy atom. The number of rotatable bonds is 9. The van der Waals surface area contributed by atoms with Gasteiger partial charge in [0.05, 0.1) is 42.8 Å². The van der Waals surface area contributed by atoms with Crippen LogP contribution in [0.4, 0.5) is 10.1 Å². The van der Waals surface area contributed by atoms with Crippen LogP contribution in [0.1, 0.15) is 16.2 Å². The summed E-state index contributed by atoms with van der Waals surface area (Å²) < 4.78 is 29.5. The summed E-state index contributed by atoms with van der Waals surface area (Å²) in [7, 11) is 3.01. The van der Waals surface area contributed by atoms with Crippen LogP contribution in [0.2, 0.25) is 5.02 Å². The summed E-state index contributed by atoms with van der Waals surface area (Å²) in [5, 5.41) is 12.9. The number of nitrogens with one attached hydrogen (secondary N) is 2. The largest absolute Gasteiger partial charge is 0.497 e. The van der Waals surface area contributed by atoms with E-state index in [0.717, 1.165) is 17.8 Å². The molecule has 0 fully saturated rings. The zero-order valence-electron chi connectivity index (χ0n) is 17.0. The van der Waals surface area contributed by atoms with Crippen molar-refractivity contribution in [1.29, 1.82) is 0 Å². The number of hydrogen-bond acceptors (Lipinski definition) is 8. The summed E-state index contributed by atoms with van der Waals surface area (Å²) in [4.78, 5) is 24.4. The lowest BCUT2D eigenvalue weighted by Gasteiger charge is -2.11. The van der Waals surface area contributed by atoms with Gasteiger partial charge in [0.25, 0.3) is 11.1 Å². The number of halogens is 2. The zero-order valence-corrected chi connectivity index (χ0v) is 18.6. The van der Waals surface area contributed by atoms with Gasteiger partial charge in [-0.3, -0.25) is 9.59 Å². The minimum atomic E-state index is -0.740. The van der Waals surface area contributed by atoms with Crippen LogP contribution < -0.4 is 20.1 Å². The molecule has 0 saturated heterocycles. The fraction of sp³-hybridized carbons (Fsp3) is 0.200. The normalized spacial score (nSPS) is 10.5. The number of hydrogen-bond donors (Lipinski definition) is 2. The van der Waals surface area contributed by atoms with E-state index in [2.05, 4.69) is 20.8 Å². The summed E-state index contributed by atoms with van der Waals surface area (Å²) in [6.45, 7) is -0.133. The van der Waals surface area contributed by atoms with Gasteiger partial charge in [-0.1, -0.05) is 29.4 Å². The summed E-state index contributed by atoms with van der Waals surface area (Å²) in [5.74, 6) is -0.644. The molecule has 0 radical (unpaired) electrons. The Labute approximate surface area is 191 Å². The molecule has 3 aromatic rings. The Kier molecular flexibility index (Phi) is 7.90. The van der Waals surface area contributed by atoms with Crippen LogP contribution in [-0.4, -0.2) is 42.0 Å². The Morgan fingerprint density at radius 1 is 1.19 bits per heavy atom. The van der Waals surface area contributed by atoms with Gasteiger partial charge in [-0.2, -0.15) is 0 Å². The topological polar surface area (TPSA) is 116 Å². The molecule has 0 aliphatic heterocycles. The SMILES string of the molecule is COc1ccc(NC(=O)CSc2nnc(CNC(=O)c3c(F)cccc3Cl)o2)c(OC)c1. The molecule has 0 unspecified atom stereocenters. The van der Waals surface area contributed by atoms with Crippen molar-refractivity contribution >= 4 is 40.9 Å². The minimum Gasteiger partial charge on any atom is -0.497 e. The first-order valence-corrected chi connectivity index (χ1v) is 10.5. The number of benzene rings is 2. The third-order valence-electron chi connectivity index (χ3n) is 4.05. The molecule has 1 aromatic heterocycles. The van der Waals surface area contributed by atoms with Crippen molar-refractivity contribution in [2.45, 2.75) is 11.8 Å². The number of carbonyl (C=O) groups is 2. The van der Waals surface area contributed by atoms with Crippen molar-refractivity contribution in [3.05, 3.63) is 58.7 Å². The highest BCUT2D eigenvalue weighted by molar-refractivity contribution is 7.99. The molecule has 168 valence electrons. The fourth-order valence-corrected chi connectivity index (χ4v) is 3.37. The minimum absolute atomic E-state index is 0.00594. The van der Waals surface area contributed by atoms with Crippen LogP contribution in [0, 0.1) is 5.82 Å². The summed E-state index contributed by atoms with van der Waals surface area (Å²) >= 11 is 6.88. The Morgan fingerprint density at radius 3 is 2.72 bits per heavy atom. The molecule has 12 heteroatoms. The van der Waals surface area contributed by atoms with Gasteiger partial charge in [0.2, 0.25) is 11.8 Å². The Bertz CT molecular complexity index is 1110. The summed E-state index contributed by atoms with van der Waals surface area (Å²) in [6, 6.07) is 8.95. The Hall–Kier alpha value is -3.31. The number of anilines is 1. The Balaban J connectivity index is 1.51. The number of aromatic nitrogens is 2. The molecule has 1 heterocycles. The maximum atomic E-state index is 13.8. The van der Waals surface area contributed by atoms with Crippen molar-refractivity contribution < 1.29 is 27.9 Å². The molecular formula is C20H18ClFN4O5S. The molecule has 0 saturated carbocycles. The van der Waals surface area contributed by atoms with Crippen molar-refractivity contribution in [3.63, 3.8) is 0 Å². The average Bonchev–Trinajstić information content (AvgIpc) is 3.24. The molecular weight excluding hydrogens is 463 g/mol. The smallest absolute Gasteiger partial charge is 0.277 e. The van der Waals surface area contributed by atoms with Gasteiger partial charge in [0.1, 0.15) is 17.3 Å². The zero-order chi connectivity index (χ0) is 23.1. The molecule has 0 bridgehead atoms. The van der Waals surface area contributed by atoms with Gasteiger partial charge >= 0.3 is 0 Å². The second-order valence-electron chi connectivity index (χ2n) is 6.14. The highest BCUT2D eigenvalue weighted by atomic mass is 35.5. The predicted octanol–water partition coefficient (Wildman–Crippen LogP) is 3.54. The van der Waals surface area contributed by atoms with Crippen molar-refractivity contribution in [2.24, 2.45) is 0 Å². The lowest BCUT2D eigenvalue weighted by molar-refractivity contribution is -0.113. The lowest BCUT2D eigenvalue weighted by Crippen LogP contribution is -2.24. The molecule has 0 atom stereocenters. The molecule has 0 aliphatic carbocycles. The van der Waals surface area contributed by atoms with Crippen LogP contribution in [0.15, 0.2) is 46.0 Å². The van der Waals surface area contributed by atoms with E-state index < -0.39 is 11.7 Å². The first-order chi connectivity index (χ1) is 15.4. The average molecular weight is 481 g/mol. The van der Waals surface area contributed by atoms with Crippen molar-refractivity contribution in [3.8, 4) is 11.5 Å². The fourth-order valence-electron chi connectivity index (χ4n) is 2.54. The third-order valence-corrected chi connectivity index (χ3v) is 5.18. The number of carbonyl (C=O) groups excluding carboxylic acids is 2. The summed E-state index contributed by atoms with van der Waals surface area (Å²) in [5.41, 5.74) is 0.216. The van der Waals surface area contributed by atoms with Gasteiger partial charge in [0, 0.05) is 6.07 Å². The number of ether oxygens (including phenoxy) is 2. The first-order valence-electron chi connectivity index (χ1n) is 9.10. The van der Waals surface area contributed by atoms with E-state index in [-0.39, 0.29) is 39.9 Å². The standard InChI is InChI=1S/C20H18ClFN4O5S/c1-29-11-6-7-14(15(8-11)30-2)24-16(27)10-32-20-26-25-17(31-20)9-23-19(28)18-12(21)4-3-5-13(18)22/h3-8H,9-10H2,1-2H3,(H,23,28)(H,24,27). The van der Waals surface area contributed by atoms with E-state index in [1.54, 1.807) is 18.2 Å². The monoisotopic (exact) mass is 480 g/mol. The van der Waals surface area contributed by atoms with Crippen molar-refractivity contribution in [2.75, 3.05) is 25.3 Å². The molecule has 0 spiro atoms. The third kappa shape index (κ3) is 5.89. The second kappa shape index (κ2) is 10.8. The molecule has 2 aromatic carbocycles. The second-order valence-corrected chi connectivity index (χ2v) is 7.48. The maximum Gasteiger partial charge on any atom is 0.277 e. The molecule has 9 nitrogen and oxygen atoms in total. The van der Waals surface area contributed by atoms with Gasteiger partial charge in [-0.05, 0) is 24.3 Å². The van der Waals surface area contributed by atoms with E-state index in [4.69, 9.17) is 25.5 Å². The van der Waals surface area contributed by atoms with Crippen LogP contribution in [0.5, 0.6) is 11.5 Å². The van der Waals surface area contributed by atoms with Crippen LogP contribution in [-0.2, 0) is 11.3 Å². The van der Waals surface area contributed by atoms with Gasteiger partial charge in [-0.15, -0.1) is 10.2 Å². The number of thioether (sulfide) groups is 1. The van der Waals surface area contributed by atoms with E-state index in [0.29, 0.717) is 17.2 Å². The van der Waals surface area contributed by atoms with Gasteiger partial charge in [0.15, 0.2) is 0 Å². The first kappa shape index (κ1) is 23.4. The van der Waals surface area contributed by atoms with E-state index in [1.165, 1.54) is 26.4 Å². The predicted molar refractivity (Wildman–Crippen MR) is 116 cm³/mol. The number of nitrogens with zero attached hydrogens (tertiary/aromatic N) is 2. The van der Waals surface area contributed by atoms with Crippen molar-refractivity contribution in [1.82, 2.24) is 15.5 Å². The van der Waals surface area contributed by atoms with Gasteiger partial charge < -0.3 is 24.5 Å². The highest BCUT2D eigenvalue weighted by Crippen LogP contribution is 2.29. The van der Waals surface area contributed by atoms with Crippen LogP contribution in [0.25, 0.3) is 0 Å². The molecule has 32 heavy (non-hydrogen) atoms. The quantitative estimate of drug-likeness (QED) is 0.447. The van der Waals surface area contributed by atoms with E-state index in [9.17, 15) is 14.0 Å². The van der Waals surface area contributed by atoms with Gasteiger partial charge in [-0.25, -0.2) is 4.39 Å². The molecule has 0 aliphatic rings. The van der Waals surface area contributed by atoms with Crippen LogP contribution in [0.3, 0.4) is 0 Å². The lowest BCUT2D eigenvalue weighted by atomic mass is 10.2. The molecule has 3 rings (SSSR count). The molecule has 2 N–H and O–H groups in total. The summed E-state index contributed by atoms with van der Waals surface area (Å²) in [6.07, 6.45) is 0. The van der Waals surface area contributed by atoms with E-state index in [1.807, 2.05) is 0 Å². The van der Waals surface area contributed by atoms with E-state index >= 15 is 0 Å². The van der Waals surface area contributed by atoms with Crippen LogP contribution >= 0.6 is 23.4 Å².